The molecule has 1 aliphatic rings. The van der Waals surface area contributed by atoms with Gasteiger partial charge in [0.15, 0.2) is 0 Å². The Balaban J connectivity index is 2.39. The van der Waals surface area contributed by atoms with Crippen molar-refractivity contribution in [3.8, 4) is 5.75 Å². The van der Waals surface area contributed by atoms with Gasteiger partial charge in [-0.1, -0.05) is 17.7 Å². The molecule has 0 aromatic heterocycles. The summed E-state index contributed by atoms with van der Waals surface area (Å²) in [4.78, 5) is 0. The smallest absolute Gasteiger partial charge is 0.126 e. The van der Waals surface area contributed by atoms with Crippen molar-refractivity contribution >= 4 is 0 Å². The van der Waals surface area contributed by atoms with Crippen LogP contribution in [0.15, 0.2) is 12.1 Å². The van der Waals surface area contributed by atoms with Crippen molar-refractivity contribution in [3.05, 3.63) is 28.8 Å². The van der Waals surface area contributed by atoms with Gasteiger partial charge in [-0.05, 0) is 45.8 Å². The molecule has 2 atom stereocenters. The summed E-state index contributed by atoms with van der Waals surface area (Å²) < 4.78 is 5.61. The zero-order valence-electron chi connectivity index (χ0n) is 11.8. The molecule has 1 fully saturated rings. The fourth-order valence-corrected chi connectivity index (χ4v) is 3.07. The summed E-state index contributed by atoms with van der Waals surface area (Å²) in [5.41, 5.74) is 3.78. The topological polar surface area (TPSA) is 33.3 Å². The molecule has 0 amide bonds. The van der Waals surface area contributed by atoms with Crippen LogP contribution in [0.1, 0.15) is 35.6 Å². The van der Waals surface area contributed by atoms with Gasteiger partial charge in [0, 0.05) is 11.6 Å². The zero-order chi connectivity index (χ0) is 13.1. The van der Waals surface area contributed by atoms with Crippen molar-refractivity contribution in [2.75, 3.05) is 20.7 Å². The largest absolute Gasteiger partial charge is 0.496 e. The van der Waals surface area contributed by atoms with E-state index in [4.69, 9.17) is 4.74 Å². The van der Waals surface area contributed by atoms with Gasteiger partial charge in [-0.25, -0.2) is 0 Å². The van der Waals surface area contributed by atoms with Crippen molar-refractivity contribution in [1.82, 2.24) is 10.6 Å². The maximum atomic E-state index is 5.61. The van der Waals surface area contributed by atoms with E-state index in [-0.39, 0.29) is 0 Å². The standard InChI is InChI=1S/C15H24N2O/c1-10-8-11(2)15(18-4)12(9-10)14(16-3)13-6-5-7-17-13/h8-9,13-14,16-17H,5-7H2,1-4H3. The maximum Gasteiger partial charge on any atom is 0.126 e. The molecule has 0 bridgehead atoms. The van der Waals surface area contributed by atoms with Crippen LogP contribution in [0.2, 0.25) is 0 Å². The minimum atomic E-state index is 0.320. The molecule has 100 valence electrons. The molecule has 0 saturated carbocycles. The Morgan fingerprint density at radius 2 is 2.17 bits per heavy atom. The molecule has 2 N–H and O–H groups in total. The highest BCUT2D eigenvalue weighted by Crippen LogP contribution is 2.33. The van der Waals surface area contributed by atoms with E-state index in [0.717, 1.165) is 12.3 Å². The van der Waals surface area contributed by atoms with Gasteiger partial charge < -0.3 is 15.4 Å². The Bertz CT molecular complexity index is 411. The first kappa shape index (κ1) is 13.4. The van der Waals surface area contributed by atoms with Crippen molar-refractivity contribution < 1.29 is 4.74 Å². The first-order chi connectivity index (χ1) is 8.67. The van der Waals surface area contributed by atoms with Crippen LogP contribution in [0.4, 0.5) is 0 Å². The van der Waals surface area contributed by atoms with Crippen LogP contribution in [0.5, 0.6) is 5.75 Å². The Labute approximate surface area is 110 Å². The molecule has 0 aliphatic carbocycles. The lowest BCUT2D eigenvalue weighted by molar-refractivity contribution is 0.380. The quantitative estimate of drug-likeness (QED) is 0.858. The van der Waals surface area contributed by atoms with Crippen molar-refractivity contribution in [2.45, 2.75) is 38.8 Å². The lowest BCUT2D eigenvalue weighted by Crippen LogP contribution is -2.36. The lowest BCUT2D eigenvalue weighted by atomic mass is 9.94. The number of aryl methyl sites for hydroxylation is 2. The lowest BCUT2D eigenvalue weighted by Gasteiger charge is -2.26. The third-order valence-corrected chi connectivity index (χ3v) is 3.80. The Hall–Kier alpha value is -1.06. The highest BCUT2D eigenvalue weighted by Gasteiger charge is 2.27. The van der Waals surface area contributed by atoms with Crippen molar-refractivity contribution in [3.63, 3.8) is 0 Å². The fraction of sp³-hybridized carbons (Fsp3) is 0.600. The molecule has 3 heteroatoms. The highest BCUT2D eigenvalue weighted by atomic mass is 16.5. The third-order valence-electron chi connectivity index (χ3n) is 3.80. The zero-order valence-corrected chi connectivity index (χ0v) is 11.8. The van der Waals surface area contributed by atoms with Gasteiger partial charge in [-0.3, -0.25) is 0 Å². The number of methoxy groups -OCH3 is 1. The van der Waals surface area contributed by atoms with Crippen LogP contribution >= 0.6 is 0 Å². The first-order valence-electron chi connectivity index (χ1n) is 6.73. The summed E-state index contributed by atoms with van der Waals surface area (Å²) in [5.74, 6) is 1.02. The van der Waals surface area contributed by atoms with Gasteiger partial charge in [-0.15, -0.1) is 0 Å². The number of ether oxygens (including phenoxy) is 1. The molecule has 2 unspecified atom stereocenters. The van der Waals surface area contributed by atoms with Crippen LogP contribution in [-0.2, 0) is 0 Å². The van der Waals surface area contributed by atoms with E-state index in [0.29, 0.717) is 12.1 Å². The highest BCUT2D eigenvalue weighted by molar-refractivity contribution is 5.46. The second-order valence-corrected chi connectivity index (χ2v) is 5.17. The number of likely N-dealkylation sites (N-methyl/N-ethyl adjacent to an activating group) is 1. The summed E-state index contributed by atoms with van der Waals surface area (Å²) >= 11 is 0. The van der Waals surface area contributed by atoms with E-state index < -0.39 is 0 Å². The van der Waals surface area contributed by atoms with Crippen LogP contribution in [-0.4, -0.2) is 26.7 Å². The average Bonchev–Trinajstić information content (AvgIpc) is 2.83. The Morgan fingerprint density at radius 3 is 2.72 bits per heavy atom. The van der Waals surface area contributed by atoms with Crippen LogP contribution in [0.3, 0.4) is 0 Å². The van der Waals surface area contributed by atoms with Crippen molar-refractivity contribution in [2.24, 2.45) is 0 Å². The van der Waals surface area contributed by atoms with Gasteiger partial charge in [0.05, 0.1) is 13.2 Å². The van der Waals surface area contributed by atoms with E-state index in [2.05, 4.69) is 36.6 Å². The summed E-state index contributed by atoms with van der Waals surface area (Å²) in [7, 11) is 3.79. The molecule has 2 rings (SSSR count). The van der Waals surface area contributed by atoms with E-state index in [1.165, 1.54) is 29.5 Å². The molecule has 0 radical (unpaired) electrons. The van der Waals surface area contributed by atoms with Gasteiger partial charge in [0.2, 0.25) is 0 Å². The molecular weight excluding hydrogens is 224 g/mol. The monoisotopic (exact) mass is 248 g/mol. The number of nitrogens with one attached hydrogen (secondary N) is 2. The molecule has 1 aromatic carbocycles. The molecule has 18 heavy (non-hydrogen) atoms. The molecule has 1 aromatic rings. The third kappa shape index (κ3) is 2.52. The Morgan fingerprint density at radius 1 is 1.39 bits per heavy atom. The SMILES string of the molecule is CNC(c1cc(C)cc(C)c1OC)C1CCCN1. The number of benzene rings is 1. The van der Waals surface area contributed by atoms with E-state index in [1.54, 1.807) is 7.11 Å². The first-order valence-corrected chi connectivity index (χ1v) is 6.73. The number of hydrogen-bond acceptors (Lipinski definition) is 3. The van der Waals surface area contributed by atoms with Gasteiger partial charge in [0.1, 0.15) is 5.75 Å². The van der Waals surface area contributed by atoms with E-state index >= 15 is 0 Å². The minimum absolute atomic E-state index is 0.320. The van der Waals surface area contributed by atoms with Crippen LogP contribution in [0, 0.1) is 13.8 Å². The van der Waals surface area contributed by atoms with Gasteiger partial charge in [-0.2, -0.15) is 0 Å². The summed E-state index contributed by atoms with van der Waals surface area (Å²) in [5, 5.41) is 7.03. The molecular formula is C15H24N2O. The summed E-state index contributed by atoms with van der Waals surface area (Å²) in [6, 6.07) is 5.25. The summed E-state index contributed by atoms with van der Waals surface area (Å²) in [6.07, 6.45) is 2.48. The number of hydrogen-bond donors (Lipinski definition) is 2. The van der Waals surface area contributed by atoms with Crippen LogP contribution in [0.25, 0.3) is 0 Å². The molecule has 3 nitrogen and oxygen atoms in total. The predicted molar refractivity (Wildman–Crippen MR) is 75.3 cm³/mol. The van der Waals surface area contributed by atoms with Crippen molar-refractivity contribution in [1.29, 1.82) is 0 Å². The summed E-state index contributed by atoms with van der Waals surface area (Å²) in [6.45, 7) is 5.38. The second kappa shape index (κ2) is 5.72. The van der Waals surface area contributed by atoms with E-state index in [9.17, 15) is 0 Å². The average molecular weight is 248 g/mol. The molecule has 1 heterocycles. The molecule has 1 saturated heterocycles. The molecule has 0 spiro atoms. The van der Waals surface area contributed by atoms with Gasteiger partial charge >= 0.3 is 0 Å². The van der Waals surface area contributed by atoms with Gasteiger partial charge in [0.25, 0.3) is 0 Å². The maximum absolute atomic E-state index is 5.61. The minimum Gasteiger partial charge on any atom is -0.496 e. The number of rotatable bonds is 4. The normalized spacial score (nSPS) is 21.0. The molecule has 1 aliphatic heterocycles. The predicted octanol–water partition coefficient (Wildman–Crippen LogP) is 2.32. The second-order valence-electron chi connectivity index (χ2n) is 5.17. The Kier molecular flexibility index (Phi) is 4.25. The van der Waals surface area contributed by atoms with Crippen LogP contribution < -0.4 is 15.4 Å². The van der Waals surface area contributed by atoms with E-state index in [1.807, 2.05) is 7.05 Å². The fourth-order valence-electron chi connectivity index (χ4n) is 3.07.